The third kappa shape index (κ3) is 3.15. The Morgan fingerprint density at radius 1 is 1.47 bits per heavy atom. The van der Waals surface area contributed by atoms with Crippen LogP contribution in [0.5, 0.6) is 0 Å². The lowest BCUT2D eigenvalue weighted by Crippen LogP contribution is -2.20. The molecule has 0 saturated carbocycles. The molecule has 100 valence electrons. The summed E-state index contributed by atoms with van der Waals surface area (Å²) in [5, 5.41) is 11.3. The molecular weight excluding hydrogens is 280 g/mol. The SMILES string of the molecule is O[C@H]1CCN(Cc2cnc(-c3cccc(Cl)c3)s2)C1. The molecule has 5 heteroatoms. The highest BCUT2D eigenvalue weighted by Gasteiger charge is 2.20. The molecule has 0 radical (unpaired) electrons. The van der Waals surface area contributed by atoms with E-state index in [1.54, 1.807) is 11.3 Å². The molecule has 1 aromatic heterocycles. The Hall–Kier alpha value is -0.940. The second kappa shape index (κ2) is 5.59. The van der Waals surface area contributed by atoms with Gasteiger partial charge in [0.2, 0.25) is 0 Å². The van der Waals surface area contributed by atoms with Crippen molar-refractivity contribution in [1.29, 1.82) is 0 Å². The van der Waals surface area contributed by atoms with Crippen LogP contribution in [0.1, 0.15) is 11.3 Å². The Labute approximate surface area is 121 Å². The van der Waals surface area contributed by atoms with Crippen LogP contribution in [0, 0.1) is 0 Å². The van der Waals surface area contributed by atoms with Crippen molar-refractivity contribution in [3.8, 4) is 10.6 Å². The van der Waals surface area contributed by atoms with E-state index >= 15 is 0 Å². The van der Waals surface area contributed by atoms with E-state index in [1.807, 2.05) is 30.5 Å². The van der Waals surface area contributed by atoms with E-state index < -0.39 is 0 Å². The van der Waals surface area contributed by atoms with Crippen molar-refractivity contribution < 1.29 is 5.11 Å². The smallest absolute Gasteiger partial charge is 0.123 e. The molecule has 0 amide bonds. The van der Waals surface area contributed by atoms with Gasteiger partial charge in [-0.1, -0.05) is 23.7 Å². The van der Waals surface area contributed by atoms with Crippen LogP contribution >= 0.6 is 22.9 Å². The molecule has 0 bridgehead atoms. The van der Waals surface area contributed by atoms with Crippen LogP contribution in [-0.4, -0.2) is 34.2 Å². The molecule has 19 heavy (non-hydrogen) atoms. The molecule has 1 aromatic carbocycles. The van der Waals surface area contributed by atoms with Crippen LogP contribution in [0.25, 0.3) is 10.6 Å². The molecule has 1 aliphatic rings. The van der Waals surface area contributed by atoms with E-state index in [9.17, 15) is 5.11 Å². The van der Waals surface area contributed by atoms with Crippen molar-refractivity contribution in [1.82, 2.24) is 9.88 Å². The van der Waals surface area contributed by atoms with Gasteiger partial charge in [-0.3, -0.25) is 4.90 Å². The Morgan fingerprint density at radius 2 is 2.37 bits per heavy atom. The Kier molecular flexibility index (Phi) is 3.84. The van der Waals surface area contributed by atoms with Gasteiger partial charge in [0.1, 0.15) is 5.01 Å². The van der Waals surface area contributed by atoms with Crippen molar-refractivity contribution in [2.45, 2.75) is 19.1 Å². The molecule has 1 aliphatic heterocycles. The first-order valence-electron chi connectivity index (χ1n) is 6.32. The molecular formula is C14H15ClN2OS. The molecule has 0 aliphatic carbocycles. The predicted molar refractivity (Wildman–Crippen MR) is 78.5 cm³/mol. The molecule has 0 unspecified atom stereocenters. The molecule has 0 spiro atoms. The second-order valence-electron chi connectivity index (χ2n) is 4.82. The zero-order chi connectivity index (χ0) is 13.2. The topological polar surface area (TPSA) is 36.4 Å². The summed E-state index contributed by atoms with van der Waals surface area (Å²) in [5.74, 6) is 0. The third-order valence-electron chi connectivity index (χ3n) is 3.25. The van der Waals surface area contributed by atoms with Gasteiger partial charge >= 0.3 is 0 Å². The largest absolute Gasteiger partial charge is 0.392 e. The van der Waals surface area contributed by atoms with Crippen LogP contribution in [-0.2, 0) is 6.54 Å². The van der Waals surface area contributed by atoms with Crippen molar-refractivity contribution in [2.24, 2.45) is 0 Å². The quantitative estimate of drug-likeness (QED) is 0.945. The van der Waals surface area contributed by atoms with Gasteiger partial charge in [0, 0.05) is 41.3 Å². The number of thiazole rings is 1. The van der Waals surface area contributed by atoms with Gasteiger partial charge < -0.3 is 5.11 Å². The molecule has 2 heterocycles. The number of rotatable bonds is 3. The van der Waals surface area contributed by atoms with Crippen molar-refractivity contribution in [2.75, 3.05) is 13.1 Å². The number of hydrogen-bond acceptors (Lipinski definition) is 4. The first kappa shape index (κ1) is 13.1. The van der Waals surface area contributed by atoms with E-state index in [0.717, 1.165) is 41.6 Å². The van der Waals surface area contributed by atoms with Gasteiger partial charge in [-0.2, -0.15) is 0 Å². The monoisotopic (exact) mass is 294 g/mol. The average Bonchev–Trinajstić information content (AvgIpc) is 2.99. The maximum atomic E-state index is 9.52. The number of halogens is 1. The molecule has 1 atom stereocenters. The van der Waals surface area contributed by atoms with Crippen molar-refractivity contribution in [3.63, 3.8) is 0 Å². The number of benzene rings is 1. The minimum atomic E-state index is -0.166. The Balaban J connectivity index is 1.73. The normalized spacial score (nSPS) is 20.0. The van der Waals surface area contributed by atoms with Gasteiger partial charge in [0.15, 0.2) is 0 Å². The number of hydrogen-bond donors (Lipinski definition) is 1. The summed E-state index contributed by atoms with van der Waals surface area (Å²) >= 11 is 7.69. The van der Waals surface area contributed by atoms with E-state index in [1.165, 1.54) is 4.88 Å². The maximum absolute atomic E-state index is 9.52. The summed E-state index contributed by atoms with van der Waals surface area (Å²) in [5.41, 5.74) is 1.06. The lowest BCUT2D eigenvalue weighted by atomic mass is 10.2. The molecule has 1 saturated heterocycles. The molecule has 3 rings (SSSR count). The van der Waals surface area contributed by atoms with E-state index in [4.69, 9.17) is 11.6 Å². The van der Waals surface area contributed by atoms with E-state index in [-0.39, 0.29) is 6.10 Å². The fourth-order valence-corrected chi connectivity index (χ4v) is 3.45. The second-order valence-corrected chi connectivity index (χ2v) is 6.37. The highest BCUT2D eigenvalue weighted by Crippen LogP contribution is 2.28. The van der Waals surface area contributed by atoms with Gasteiger partial charge in [0.25, 0.3) is 0 Å². The zero-order valence-electron chi connectivity index (χ0n) is 10.4. The lowest BCUT2D eigenvalue weighted by molar-refractivity contribution is 0.175. The predicted octanol–water partition coefficient (Wildman–Crippen LogP) is 3.03. The van der Waals surface area contributed by atoms with Gasteiger partial charge in [-0.15, -0.1) is 11.3 Å². The minimum Gasteiger partial charge on any atom is -0.392 e. The van der Waals surface area contributed by atoms with Crippen LogP contribution in [0.2, 0.25) is 5.02 Å². The fourth-order valence-electron chi connectivity index (χ4n) is 2.31. The number of aliphatic hydroxyl groups is 1. The number of nitrogens with zero attached hydrogens (tertiary/aromatic N) is 2. The summed E-state index contributed by atoms with van der Waals surface area (Å²) in [6.45, 7) is 2.60. The average molecular weight is 295 g/mol. The summed E-state index contributed by atoms with van der Waals surface area (Å²) in [6.07, 6.45) is 2.63. The fraction of sp³-hybridized carbons (Fsp3) is 0.357. The third-order valence-corrected chi connectivity index (χ3v) is 4.52. The first-order chi connectivity index (χ1) is 9.20. The van der Waals surface area contributed by atoms with Crippen LogP contribution in [0.3, 0.4) is 0 Å². The minimum absolute atomic E-state index is 0.166. The van der Waals surface area contributed by atoms with Gasteiger partial charge in [-0.05, 0) is 18.6 Å². The van der Waals surface area contributed by atoms with Gasteiger partial charge in [-0.25, -0.2) is 4.98 Å². The van der Waals surface area contributed by atoms with E-state index in [2.05, 4.69) is 9.88 Å². The molecule has 3 nitrogen and oxygen atoms in total. The lowest BCUT2D eigenvalue weighted by Gasteiger charge is -2.12. The highest BCUT2D eigenvalue weighted by molar-refractivity contribution is 7.15. The number of likely N-dealkylation sites (tertiary alicyclic amines) is 1. The van der Waals surface area contributed by atoms with Crippen LogP contribution in [0.15, 0.2) is 30.5 Å². The number of β-amino-alcohol motifs (C(OH)–C–C–N with tert-alkyl or cyclic N) is 1. The zero-order valence-corrected chi connectivity index (χ0v) is 12.0. The number of aromatic nitrogens is 1. The summed E-state index contributed by atoms with van der Waals surface area (Å²) in [4.78, 5) is 7.95. The standard InChI is InChI=1S/C14H15ClN2OS/c15-11-3-1-2-10(6-11)14-16-7-13(19-14)9-17-5-4-12(18)8-17/h1-3,6-7,12,18H,4-5,8-9H2/t12-/m0/s1. The van der Waals surface area contributed by atoms with E-state index in [0.29, 0.717) is 0 Å². The molecule has 2 aromatic rings. The van der Waals surface area contributed by atoms with Crippen LogP contribution < -0.4 is 0 Å². The summed E-state index contributed by atoms with van der Waals surface area (Å²) < 4.78 is 0. The maximum Gasteiger partial charge on any atom is 0.123 e. The number of aliphatic hydroxyl groups excluding tert-OH is 1. The molecule has 1 fully saturated rings. The summed E-state index contributed by atoms with van der Waals surface area (Å²) in [7, 11) is 0. The Morgan fingerprint density at radius 3 is 3.11 bits per heavy atom. The van der Waals surface area contributed by atoms with Gasteiger partial charge in [0.05, 0.1) is 6.10 Å². The highest BCUT2D eigenvalue weighted by atomic mass is 35.5. The van der Waals surface area contributed by atoms with Crippen LogP contribution in [0.4, 0.5) is 0 Å². The summed E-state index contributed by atoms with van der Waals surface area (Å²) in [6, 6.07) is 7.76. The molecule has 1 N–H and O–H groups in total. The van der Waals surface area contributed by atoms with Crippen molar-refractivity contribution >= 4 is 22.9 Å². The first-order valence-corrected chi connectivity index (χ1v) is 7.51. The van der Waals surface area contributed by atoms with Crippen molar-refractivity contribution in [3.05, 3.63) is 40.4 Å². The Bertz CT molecular complexity index is 572.